The Hall–Kier alpha value is -3.52. The molecular weight excluding hydrogens is 398 g/mol. The number of nitrogens with zero attached hydrogens (tertiary/aromatic N) is 3. The van der Waals surface area contributed by atoms with Gasteiger partial charge in [-0.25, -0.2) is 9.79 Å². The summed E-state index contributed by atoms with van der Waals surface area (Å²) in [5.74, 6) is -0.440. The monoisotopic (exact) mass is 411 g/mol. The molecule has 4 rings (SSSR count). The van der Waals surface area contributed by atoms with Crippen LogP contribution in [0.1, 0.15) is 24.0 Å². The first-order valence-corrected chi connectivity index (χ1v) is 9.17. The predicted molar refractivity (Wildman–Crippen MR) is 107 cm³/mol. The fourth-order valence-corrected chi connectivity index (χ4v) is 3.34. The molecule has 2 heterocycles. The van der Waals surface area contributed by atoms with Gasteiger partial charge in [-0.2, -0.15) is 0 Å². The Balaban J connectivity index is 1.59. The van der Waals surface area contributed by atoms with Crippen LogP contribution in [0.5, 0.6) is 0 Å². The molecule has 0 unspecified atom stereocenters. The molecule has 1 saturated heterocycles. The van der Waals surface area contributed by atoms with Crippen LogP contribution in [0.3, 0.4) is 0 Å². The third-order valence-electron chi connectivity index (χ3n) is 4.59. The Morgan fingerprint density at radius 2 is 1.93 bits per heavy atom. The molecule has 0 radical (unpaired) electrons. The number of nitro benzene ring substituents is 1. The molecule has 146 valence electrons. The summed E-state index contributed by atoms with van der Waals surface area (Å²) < 4.78 is 5.22. The van der Waals surface area contributed by atoms with Gasteiger partial charge in [-0.05, 0) is 48.4 Å². The summed E-state index contributed by atoms with van der Waals surface area (Å²) in [6.07, 6.45) is 2.78. The van der Waals surface area contributed by atoms with Crippen LogP contribution in [0, 0.1) is 10.1 Å². The second kappa shape index (κ2) is 7.48. The highest BCUT2D eigenvalue weighted by Crippen LogP contribution is 2.28. The predicted octanol–water partition coefficient (Wildman–Crippen LogP) is 3.72. The molecule has 0 atom stereocenters. The second-order valence-electron chi connectivity index (χ2n) is 6.50. The largest absolute Gasteiger partial charge is 0.402 e. The van der Waals surface area contributed by atoms with E-state index in [0.29, 0.717) is 24.1 Å². The van der Waals surface area contributed by atoms with Crippen LogP contribution in [-0.4, -0.2) is 29.2 Å². The molecular formula is C20H14ClN3O5. The number of esters is 1. The summed E-state index contributed by atoms with van der Waals surface area (Å²) in [4.78, 5) is 40.3. The summed E-state index contributed by atoms with van der Waals surface area (Å²) in [7, 11) is 0. The van der Waals surface area contributed by atoms with Crippen molar-refractivity contribution in [3.63, 3.8) is 0 Å². The van der Waals surface area contributed by atoms with Gasteiger partial charge in [0, 0.05) is 30.3 Å². The third-order valence-corrected chi connectivity index (χ3v) is 4.91. The maximum atomic E-state index is 12.1. The number of ether oxygens (including phenoxy) is 1. The van der Waals surface area contributed by atoms with Gasteiger partial charge in [0.25, 0.3) is 5.69 Å². The summed E-state index contributed by atoms with van der Waals surface area (Å²) in [5, 5.41) is 11.0. The van der Waals surface area contributed by atoms with Gasteiger partial charge >= 0.3 is 5.97 Å². The van der Waals surface area contributed by atoms with Crippen LogP contribution in [0.25, 0.3) is 6.08 Å². The minimum atomic E-state index is -0.656. The standard InChI is InChI=1S/C20H14ClN3O5/c21-15-8-3-12(11-17(15)24(27)28)10-16-20(26)29-19(22-16)13-4-6-14(7-5-13)23-9-1-2-18(23)25/h3-8,10-11H,1-2,9H2. The summed E-state index contributed by atoms with van der Waals surface area (Å²) >= 11 is 5.80. The smallest absolute Gasteiger partial charge is 0.363 e. The van der Waals surface area contributed by atoms with Gasteiger partial charge in [-0.15, -0.1) is 0 Å². The lowest BCUT2D eigenvalue weighted by Crippen LogP contribution is -2.23. The van der Waals surface area contributed by atoms with E-state index in [9.17, 15) is 19.7 Å². The highest BCUT2D eigenvalue weighted by atomic mass is 35.5. The van der Waals surface area contributed by atoms with Crippen molar-refractivity contribution in [3.8, 4) is 0 Å². The average molecular weight is 412 g/mol. The number of benzene rings is 2. The Morgan fingerprint density at radius 3 is 2.59 bits per heavy atom. The Bertz CT molecular complexity index is 1090. The number of carbonyl (C=O) groups excluding carboxylic acids is 2. The summed E-state index contributed by atoms with van der Waals surface area (Å²) in [5.41, 5.74) is 1.53. The van der Waals surface area contributed by atoms with Gasteiger partial charge in [0.2, 0.25) is 11.8 Å². The van der Waals surface area contributed by atoms with E-state index in [-0.39, 0.29) is 28.2 Å². The van der Waals surface area contributed by atoms with Gasteiger partial charge < -0.3 is 9.64 Å². The fourth-order valence-electron chi connectivity index (χ4n) is 3.15. The van der Waals surface area contributed by atoms with E-state index < -0.39 is 10.9 Å². The zero-order valence-electron chi connectivity index (χ0n) is 15.0. The number of halogens is 1. The van der Waals surface area contributed by atoms with Gasteiger partial charge in [0.05, 0.1) is 4.92 Å². The molecule has 0 aliphatic carbocycles. The number of hydrogen-bond acceptors (Lipinski definition) is 6. The molecule has 29 heavy (non-hydrogen) atoms. The molecule has 2 aromatic carbocycles. The van der Waals surface area contributed by atoms with Crippen molar-refractivity contribution in [1.29, 1.82) is 0 Å². The molecule has 0 bridgehead atoms. The minimum absolute atomic E-state index is 0.00640. The molecule has 1 fully saturated rings. The topological polar surface area (TPSA) is 102 Å². The highest BCUT2D eigenvalue weighted by molar-refractivity contribution is 6.32. The van der Waals surface area contributed by atoms with Crippen molar-refractivity contribution >= 4 is 46.8 Å². The Kier molecular flexibility index (Phi) is 4.85. The Morgan fingerprint density at radius 1 is 1.17 bits per heavy atom. The second-order valence-corrected chi connectivity index (χ2v) is 6.91. The van der Waals surface area contributed by atoms with Gasteiger partial charge in [0.15, 0.2) is 5.70 Å². The number of amides is 1. The van der Waals surface area contributed by atoms with Crippen molar-refractivity contribution < 1.29 is 19.2 Å². The number of carbonyl (C=O) groups is 2. The maximum absolute atomic E-state index is 12.1. The molecule has 0 N–H and O–H groups in total. The molecule has 0 spiro atoms. The first-order chi connectivity index (χ1) is 13.9. The molecule has 2 aromatic rings. The summed E-state index contributed by atoms with van der Waals surface area (Å²) in [6, 6.07) is 11.2. The van der Waals surface area contributed by atoms with Crippen LogP contribution in [-0.2, 0) is 14.3 Å². The lowest BCUT2D eigenvalue weighted by molar-refractivity contribution is -0.384. The van der Waals surface area contributed by atoms with Crippen LogP contribution < -0.4 is 4.90 Å². The fraction of sp³-hybridized carbons (Fsp3) is 0.150. The molecule has 2 aliphatic heterocycles. The first kappa shape index (κ1) is 18.8. The average Bonchev–Trinajstić information content (AvgIpc) is 3.29. The number of aliphatic imine (C=N–C) groups is 1. The van der Waals surface area contributed by atoms with Gasteiger partial charge in [-0.3, -0.25) is 14.9 Å². The number of hydrogen-bond donors (Lipinski definition) is 0. The molecule has 8 nitrogen and oxygen atoms in total. The van der Waals surface area contributed by atoms with Gasteiger partial charge in [-0.1, -0.05) is 17.7 Å². The van der Waals surface area contributed by atoms with Gasteiger partial charge in [0.1, 0.15) is 5.02 Å². The SMILES string of the molecule is O=C1OC(c2ccc(N3CCCC3=O)cc2)=NC1=Cc1ccc(Cl)c([N+](=O)[O-])c1. The molecule has 0 aromatic heterocycles. The van der Waals surface area contributed by atoms with E-state index in [1.54, 1.807) is 35.2 Å². The van der Waals surface area contributed by atoms with Crippen LogP contribution >= 0.6 is 11.6 Å². The van der Waals surface area contributed by atoms with Crippen LogP contribution in [0.15, 0.2) is 53.2 Å². The number of cyclic esters (lactones) is 1. The quantitative estimate of drug-likeness (QED) is 0.330. The van der Waals surface area contributed by atoms with Crippen molar-refractivity contribution in [2.75, 3.05) is 11.4 Å². The minimum Gasteiger partial charge on any atom is -0.402 e. The number of anilines is 1. The van der Waals surface area contributed by atoms with Crippen LogP contribution in [0.2, 0.25) is 5.02 Å². The maximum Gasteiger partial charge on any atom is 0.363 e. The molecule has 0 saturated carbocycles. The third kappa shape index (κ3) is 3.74. The molecule has 9 heteroatoms. The van der Waals surface area contributed by atoms with Crippen molar-refractivity contribution in [3.05, 3.63) is 74.4 Å². The lowest BCUT2D eigenvalue weighted by Gasteiger charge is -2.15. The number of rotatable bonds is 4. The van der Waals surface area contributed by atoms with E-state index >= 15 is 0 Å². The molecule has 1 amide bonds. The van der Waals surface area contributed by atoms with Crippen molar-refractivity contribution in [2.24, 2.45) is 4.99 Å². The van der Waals surface area contributed by atoms with E-state index in [2.05, 4.69) is 4.99 Å². The van der Waals surface area contributed by atoms with Crippen molar-refractivity contribution in [2.45, 2.75) is 12.8 Å². The van der Waals surface area contributed by atoms with E-state index in [4.69, 9.17) is 16.3 Å². The van der Waals surface area contributed by atoms with E-state index in [1.165, 1.54) is 18.2 Å². The normalized spacial score (nSPS) is 17.6. The number of nitro groups is 1. The molecule has 2 aliphatic rings. The summed E-state index contributed by atoms with van der Waals surface area (Å²) in [6.45, 7) is 0.689. The highest BCUT2D eigenvalue weighted by Gasteiger charge is 2.26. The van der Waals surface area contributed by atoms with Crippen LogP contribution in [0.4, 0.5) is 11.4 Å². The Labute approximate surface area is 170 Å². The lowest BCUT2D eigenvalue weighted by atomic mass is 10.1. The zero-order chi connectivity index (χ0) is 20.5. The zero-order valence-corrected chi connectivity index (χ0v) is 15.8. The van der Waals surface area contributed by atoms with Crippen molar-refractivity contribution in [1.82, 2.24) is 0 Å². The van der Waals surface area contributed by atoms with E-state index in [0.717, 1.165) is 12.1 Å². The first-order valence-electron chi connectivity index (χ1n) is 8.80. The van der Waals surface area contributed by atoms with E-state index in [1.807, 2.05) is 0 Å².